The van der Waals surface area contributed by atoms with Crippen molar-refractivity contribution in [2.24, 2.45) is 0 Å². The summed E-state index contributed by atoms with van der Waals surface area (Å²) in [5.41, 5.74) is 1.07. The molecule has 4 heteroatoms. The SMILES string of the molecule is CC(CCC#N)c1ccc(S(C)(=O)=O)cc1. The molecule has 0 bridgehead atoms. The Labute approximate surface area is 96.6 Å². The van der Waals surface area contributed by atoms with Crippen molar-refractivity contribution in [2.75, 3.05) is 6.26 Å². The van der Waals surface area contributed by atoms with Gasteiger partial charge in [-0.3, -0.25) is 0 Å². The Morgan fingerprint density at radius 2 is 1.88 bits per heavy atom. The molecule has 86 valence electrons. The minimum atomic E-state index is -3.11. The highest BCUT2D eigenvalue weighted by Gasteiger charge is 2.09. The normalized spacial score (nSPS) is 13.1. The zero-order valence-electron chi connectivity index (χ0n) is 9.47. The van der Waals surface area contributed by atoms with Crippen LogP contribution in [0.2, 0.25) is 0 Å². The number of nitrogens with zero attached hydrogens (tertiary/aromatic N) is 1. The lowest BCUT2D eigenvalue weighted by Gasteiger charge is -2.10. The number of hydrogen-bond acceptors (Lipinski definition) is 3. The van der Waals surface area contributed by atoms with Crippen molar-refractivity contribution in [3.8, 4) is 6.07 Å². The van der Waals surface area contributed by atoms with Crippen molar-refractivity contribution in [2.45, 2.75) is 30.6 Å². The molecule has 0 N–H and O–H groups in total. The molecule has 16 heavy (non-hydrogen) atoms. The fourth-order valence-electron chi connectivity index (χ4n) is 1.49. The van der Waals surface area contributed by atoms with E-state index in [4.69, 9.17) is 5.26 Å². The standard InChI is InChI=1S/C12H15NO2S/c1-10(4-3-9-13)11-5-7-12(8-6-11)16(2,14)15/h5-8,10H,3-4H2,1-2H3. The molecule has 1 aromatic carbocycles. The van der Waals surface area contributed by atoms with Gasteiger partial charge in [-0.1, -0.05) is 19.1 Å². The van der Waals surface area contributed by atoms with Crippen LogP contribution in [0.4, 0.5) is 0 Å². The van der Waals surface area contributed by atoms with Gasteiger partial charge in [0.05, 0.1) is 11.0 Å². The van der Waals surface area contributed by atoms with Crippen molar-refractivity contribution in [1.82, 2.24) is 0 Å². The van der Waals surface area contributed by atoms with Crippen LogP contribution >= 0.6 is 0 Å². The third kappa shape index (κ3) is 3.35. The minimum Gasteiger partial charge on any atom is -0.224 e. The Hall–Kier alpha value is -1.34. The van der Waals surface area contributed by atoms with Crippen molar-refractivity contribution < 1.29 is 8.42 Å². The summed E-state index contributed by atoms with van der Waals surface area (Å²) in [6.07, 6.45) is 2.52. The van der Waals surface area contributed by atoms with Crippen LogP contribution in [0.25, 0.3) is 0 Å². The first-order chi connectivity index (χ1) is 7.45. The second-order valence-corrected chi connectivity index (χ2v) is 5.95. The largest absolute Gasteiger partial charge is 0.224 e. The van der Waals surface area contributed by atoms with Crippen LogP contribution in [-0.4, -0.2) is 14.7 Å². The molecule has 3 nitrogen and oxygen atoms in total. The number of benzene rings is 1. The van der Waals surface area contributed by atoms with E-state index >= 15 is 0 Å². The third-order valence-corrected chi connectivity index (χ3v) is 3.69. The van der Waals surface area contributed by atoms with E-state index in [9.17, 15) is 8.42 Å². The fraction of sp³-hybridized carbons (Fsp3) is 0.417. The molecule has 1 aromatic rings. The van der Waals surface area contributed by atoms with Crippen molar-refractivity contribution >= 4 is 9.84 Å². The van der Waals surface area contributed by atoms with Crippen LogP contribution in [0.1, 0.15) is 31.2 Å². The van der Waals surface area contributed by atoms with E-state index in [2.05, 4.69) is 6.07 Å². The summed E-state index contributed by atoms with van der Waals surface area (Å²) in [6.45, 7) is 2.03. The molecule has 0 saturated heterocycles. The van der Waals surface area contributed by atoms with Crippen LogP contribution in [0.3, 0.4) is 0 Å². The molecule has 1 unspecified atom stereocenters. The first kappa shape index (κ1) is 12.7. The summed E-state index contributed by atoms with van der Waals surface area (Å²) >= 11 is 0. The maximum atomic E-state index is 11.2. The summed E-state index contributed by atoms with van der Waals surface area (Å²) < 4.78 is 22.5. The Bertz CT molecular complexity index is 483. The van der Waals surface area contributed by atoms with Gasteiger partial charge in [-0.15, -0.1) is 0 Å². The minimum absolute atomic E-state index is 0.285. The van der Waals surface area contributed by atoms with Gasteiger partial charge < -0.3 is 0 Å². The highest BCUT2D eigenvalue weighted by Crippen LogP contribution is 2.21. The van der Waals surface area contributed by atoms with Gasteiger partial charge in [0, 0.05) is 12.7 Å². The zero-order chi connectivity index (χ0) is 12.2. The molecule has 0 aromatic heterocycles. The molecule has 0 aliphatic heterocycles. The van der Waals surface area contributed by atoms with Gasteiger partial charge in [0.2, 0.25) is 0 Å². The summed E-state index contributed by atoms with van der Waals surface area (Å²) in [4.78, 5) is 0.337. The maximum Gasteiger partial charge on any atom is 0.175 e. The molecule has 0 aliphatic carbocycles. The van der Waals surface area contributed by atoms with Gasteiger partial charge in [0.1, 0.15) is 0 Å². The molecule has 0 radical (unpaired) electrons. The molecular formula is C12H15NO2S. The van der Waals surface area contributed by atoms with Gasteiger partial charge in [-0.2, -0.15) is 5.26 Å². The third-order valence-electron chi connectivity index (χ3n) is 2.57. The van der Waals surface area contributed by atoms with Crippen LogP contribution < -0.4 is 0 Å². The molecule has 0 fully saturated rings. The lowest BCUT2D eigenvalue weighted by Crippen LogP contribution is -1.98. The van der Waals surface area contributed by atoms with Crippen molar-refractivity contribution in [3.63, 3.8) is 0 Å². The summed E-state index contributed by atoms with van der Waals surface area (Å²) in [6, 6.07) is 8.98. The topological polar surface area (TPSA) is 57.9 Å². The quantitative estimate of drug-likeness (QED) is 0.808. The van der Waals surface area contributed by atoms with Crippen LogP contribution in [0, 0.1) is 11.3 Å². The number of hydrogen-bond donors (Lipinski definition) is 0. The van der Waals surface area contributed by atoms with Gasteiger partial charge in [0.15, 0.2) is 9.84 Å². The first-order valence-electron chi connectivity index (χ1n) is 5.12. The van der Waals surface area contributed by atoms with Gasteiger partial charge in [-0.25, -0.2) is 8.42 Å². The van der Waals surface area contributed by atoms with Crippen molar-refractivity contribution in [3.05, 3.63) is 29.8 Å². The lowest BCUT2D eigenvalue weighted by molar-refractivity contribution is 0.601. The highest BCUT2D eigenvalue weighted by molar-refractivity contribution is 7.90. The zero-order valence-corrected chi connectivity index (χ0v) is 10.3. The summed E-state index contributed by atoms with van der Waals surface area (Å²) in [7, 11) is -3.11. The van der Waals surface area contributed by atoms with E-state index in [1.54, 1.807) is 12.1 Å². The molecule has 0 spiro atoms. The van der Waals surface area contributed by atoms with E-state index < -0.39 is 9.84 Å². The summed E-state index contributed by atoms with van der Waals surface area (Å²) in [5.74, 6) is 0.285. The maximum absolute atomic E-state index is 11.2. The predicted octanol–water partition coefficient (Wildman–Crippen LogP) is 2.50. The number of rotatable bonds is 4. The molecule has 0 amide bonds. The Morgan fingerprint density at radius 1 is 1.31 bits per heavy atom. The average Bonchev–Trinajstić information content (AvgIpc) is 2.25. The molecule has 0 saturated carbocycles. The Kier molecular flexibility index (Phi) is 4.08. The highest BCUT2D eigenvalue weighted by atomic mass is 32.2. The van der Waals surface area contributed by atoms with E-state index in [1.807, 2.05) is 19.1 Å². The molecular weight excluding hydrogens is 222 g/mol. The molecule has 1 atom stereocenters. The molecule has 1 rings (SSSR count). The lowest BCUT2D eigenvalue weighted by atomic mass is 9.97. The smallest absolute Gasteiger partial charge is 0.175 e. The van der Waals surface area contributed by atoms with E-state index in [0.29, 0.717) is 11.3 Å². The molecule has 0 heterocycles. The van der Waals surface area contributed by atoms with Gasteiger partial charge >= 0.3 is 0 Å². The average molecular weight is 237 g/mol. The van der Waals surface area contributed by atoms with Crippen molar-refractivity contribution in [1.29, 1.82) is 5.26 Å². The van der Waals surface area contributed by atoms with E-state index in [1.165, 1.54) is 6.26 Å². The monoisotopic (exact) mass is 237 g/mol. The van der Waals surface area contributed by atoms with Gasteiger partial charge in [0.25, 0.3) is 0 Å². The van der Waals surface area contributed by atoms with E-state index in [0.717, 1.165) is 12.0 Å². The van der Waals surface area contributed by atoms with Crippen LogP contribution in [-0.2, 0) is 9.84 Å². The van der Waals surface area contributed by atoms with Gasteiger partial charge in [-0.05, 0) is 30.0 Å². The summed E-state index contributed by atoms with van der Waals surface area (Å²) in [5, 5.41) is 8.48. The number of nitriles is 1. The predicted molar refractivity (Wildman–Crippen MR) is 62.8 cm³/mol. The Morgan fingerprint density at radius 3 is 2.31 bits per heavy atom. The van der Waals surface area contributed by atoms with Crippen LogP contribution in [0.15, 0.2) is 29.2 Å². The van der Waals surface area contributed by atoms with Crippen LogP contribution in [0.5, 0.6) is 0 Å². The first-order valence-corrected chi connectivity index (χ1v) is 7.01. The molecule has 0 aliphatic rings. The fourth-order valence-corrected chi connectivity index (χ4v) is 2.12. The van der Waals surface area contributed by atoms with E-state index in [-0.39, 0.29) is 5.92 Å². The second-order valence-electron chi connectivity index (χ2n) is 3.94. The second kappa shape index (κ2) is 5.13. The number of sulfone groups is 1. The Balaban J connectivity index is 2.84.